The van der Waals surface area contributed by atoms with Crippen molar-refractivity contribution in [3.05, 3.63) is 131 Å². The number of likely N-dealkylation sites (N-methyl/N-ethyl adjacent to an activating group) is 1. The highest BCUT2D eigenvalue weighted by molar-refractivity contribution is 5.83. The predicted molar refractivity (Wildman–Crippen MR) is 173 cm³/mol. The Labute approximate surface area is 260 Å². The average Bonchev–Trinajstić information content (AvgIpc) is 3.07. The molecule has 1 aliphatic rings. The molecule has 0 bridgehead atoms. The topological polar surface area (TPSA) is 80.3 Å². The quantitative estimate of drug-likeness (QED) is 0.178. The Morgan fingerprint density at radius 1 is 0.977 bits per heavy atom. The molecule has 5 atom stereocenters. The van der Waals surface area contributed by atoms with E-state index in [0.29, 0.717) is 6.54 Å². The molecular formula is C37H42N2O5. The Morgan fingerprint density at radius 3 is 2.36 bits per heavy atom. The normalized spacial score (nSPS) is 20.8. The summed E-state index contributed by atoms with van der Waals surface area (Å²) in [5.74, 6) is 0.0718. The number of amides is 1. The number of aliphatic hydroxyl groups is 1. The summed E-state index contributed by atoms with van der Waals surface area (Å²) >= 11 is 0. The summed E-state index contributed by atoms with van der Waals surface area (Å²) in [5.41, 5.74) is 5.02. The number of carbonyl (C=O) groups is 1. The molecular weight excluding hydrogens is 552 g/mol. The molecule has 1 heterocycles. The highest BCUT2D eigenvalue weighted by Gasteiger charge is 2.39. The summed E-state index contributed by atoms with van der Waals surface area (Å²) in [6.45, 7) is 9.20. The summed E-state index contributed by atoms with van der Waals surface area (Å²) in [5, 5.41) is 14.8. The van der Waals surface area contributed by atoms with Gasteiger partial charge in [-0.2, -0.15) is 0 Å². The van der Waals surface area contributed by atoms with E-state index in [2.05, 4.69) is 80.2 Å². The minimum absolute atomic E-state index is 0.000355. The van der Waals surface area contributed by atoms with Crippen LogP contribution in [0.3, 0.4) is 0 Å². The average molecular weight is 595 g/mol. The number of alkyl carbamates (subject to hydrolysis) is 1. The van der Waals surface area contributed by atoms with Gasteiger partial charge >= 0.3 is 6.09 Å². The molecule has 1 saturated heterocycles. The van der Waals surface area contributed by atoms with Gasteiger partial charge in [0.15, 0.2) is 6.29 Å². The lowest BCUT2D eigenvalue weighted by atomic mass is 9.89. The van der Waals surface area contributed by atoms with Crippen molar-refractivity contribution in [3.63, 3.8) is 0 Å². The Hall–Kier alpha value is -4.01. The van der Waals surface area contributed by atoms with Crippen LogP contribution in [-0.2, 0) is 27.4 Å². The highest BCUT2D eigenvalue weighted by atomic mass is 16.7. The van der Waals surface area contributed by atoms with E-state index in [1.807, 2.05) is 48.5 Å². The monoisotopic (exact) mass is 594 g/mol. The Balaban J connectivity index is 1.34. The fraction of sp³-hybridized carbons (Fsp3) is 0.324. The first-order chi connectivity index (χ1) is 21.4. The third-order valence-electron chi connectivity index (χ3n) is 8.53. The van der Waals surface area contributed by atoms with Crippen LogP contribution >= 0.6 is 0 Å². The van der Waals surface area contributed by atoms with Gasteiger partial charge in [0.25, 0.3) is 0 Å². The second-order valence-corrected chi connectivity index (χ2v) is 11.5. The van der Waals surface area contributed by atoms with Crippen molar-refractivity contribution in [2.45, 2.75) is 51.5 Å². The van der Waals surface area contributed by atoms with Crippen LogP contribution < -0.4 is 5.32 Å². The van der Waals surface area contributed by atoms with Gasteiger partial charge in [0.05, 0.1) is 18.8 Å². The molecule has 4 aromatic rings. The van der Waals surface area contributed by atoms with Gasteiger partial charge in [-0.15, -0.1) is 0 Å². The van der Waals surface area contributed by atoms with Crippen LogP contribution in [0.4, 0.5) is 4.79 Å². The third-order valence-corrected chi connectivity index (χ3v) is 8.53. The molecule has 0 unspecified atom stereocenters. The summed E-state index contributed by atoms with van der Waals surface area (Å²) in [6.07, 6.45) is 0.175. The summed E-state index contributed by atoms with van der Waals surface area (Å²) in [4.78, 5) is 14.2. The van der Waals surface area contributed by atoms with Crippen LogP contribution in [0.2, 0.25) is 0 Å². The van der Waals surface area contributed by atoms with Crippen LogP contribution in [0.1, 0.15) is 60.1 Å². The van der Waals surface area contributed by atoms with Gasteiger partial charge in [-0.3, -0.25) is 4.90 Å². The second-order valence-electron chi connectivity index (χ2n) is 11.5. The minimum Gasteiger partial charge on any atom is -0.445 e. The highest BCUT2D eigenvalue weighted by Crippen LogP contribution is 2.42. The van der Waals surface area contributed by atoms with Gasteiger partial charge in [0.2, 0.25) is 0 Å². The van der Waals surface area contributed by atoms with E-state index in [1.54, 1.807) is 0 Å². The van der Waals surface area contributed by atoms with Crippen molar-refractivity contribution in [3.8, 4) is 0 Å². The van der Waals surface area contributed by atoms with E-state index >= 15 is 0 Å². The molecule has 2 N–H and O–H groups in total. The number of hydrogen-bond donors (Lipinski definition) is 2. The van der Waals surface area contributed by atoms with E-state index in [9.17, 15) is 9.90 Å². The Kier molecular flexibility index (Phi) is 10.5. The zero-order valence-corrected chi connectivity index (χ0v) is 25.7. The predicted octanol–water partition coefficient (Wildman–Crippen LogP) is 7.23. The Morgan fingerprint density at radius 2 is 1.66 bits per heavy atom. The molecule has 4 aromatic carbocycles. The summed E-state index contributed by atoms with van der Waals surface area (Å²) < 4.78 is 18.3. The number of carbonyl (C=O) groups excluding carboxylic acids is 1. The third kappa shape index (κ3) is 7.55. The smallest absolute Gasteiger partial charge is 0.407 e. The van der Waals surface area contributed by atoms with Gasteiger partial charge in [-0.1, -0.05) is 105 Å². The molecule has 1 fully saturated rings. The van der Waals surface area contributed by atoms with Gasteiger partial charge in [0.1, 0.15) is 6.61 Å². The number of nitrogens with zero attached hydrogens (tertiary/aromatic N) is 1. The second kappa shape index (κ2) is 14.6. The first-order valence-electron chi connectivity index (χ1n) is 15.2. The molecule has 230 valence electrons. The maximum absolute atomic E-state index is 11.8. The van der Waals surface area contributed by atoms with Gasteiger partial charge < -0.3 is 24.6 Å². The standard InChI is InChI=1S/C37H42N2O5/c1-5-20-42-37(41)38-22-27-10-16-31(17-11-27)36-43-34(25(2)35(44-36)30-14-12-28(24-40)13-15-30)23-39(4)26(3)32-19-18-29-8-6-7-9-33(29)21-32/h5-19,21,25-26,34-36,40H,1,20,22-24H2,2-4H3,(H,38,41)/t25-,26+,34+,35+,36+/m0/s1. The van der Waals surface area contributed by atoms with Crippen LogP contribution in [0.25, 0.3) is 10.8 Å². The lowest BCUT2D eigenvalue weighted by molar-refractivity contribution is -0.276. The molecule has 0 aromatic heterocycles. The molecule has 0 spiro atoms. The van der Waals surface area contributed by atoms with Crippen molar-refractivity contribution in [2.24, 2.45) is 5.92 Å². The van der Waals surface area contributed by atoms with E-state index in [1.165, 1.54) is 22.4 Å². The summed E-state index contributed by atoms with van der Waals surface area (Å²) in [7, 11) is 2.15. The number of benzene rings is 4. The number of rotatable bonds is 11. The number of fused-ring (bicyclic) bond motifs is 1. The first kappa shape index (κ1) is 31.4. The maximum Gasteiger partial charge on any atom is 0.407 e. The Bertz CT molecular complexity index is 1540. The van der Waals surface area contributed by atoms with Gasteiger partial charge in [-0.25, -0.2) is 4.79 Å². The van der Waals surface area contributed by atoms with E-state index < -0.39 is 12.4 Å². The molecule has 0 saturated carbocycles. The van der Waals surface area contributed by atoms with E-state index in [-0.39, 0.29) is 37.4 Å². The zero-order valence-electron chi connectivity index (χ0n) is 25.7. The largest absolute Gasteiger partial charge is 0.445 e. The van der Waals surface area contributed by atoms with Crippen molar-refractivity contribution < 1.29 is 24.1 Å². The number of aliphatic hydroxyl groups excluding tert-OH is 1. The van der Waals surface area contributed by atoms with Crippen molar-refractivity contribution in [2.75, 3.05) is 20.2 Å². The first-order valence-corrected chi connectivity index (χ1v) is 15.2. The van der Waals surface area contributed by atoms with E-state index in [0.717, 1.165) is 28.8 Å². The number of hydrogen-bond acceptors (Lipinski definition) is 6. The van der Waals surface area contributed by atoms with Crippen molar-refractivity contribution >= 4 is 16.9 Å². The number of ether oxygens (including phenoxy) is 3. The molecule has 5 rings (SSSR count). The SMILES string of the molecule is C=CCOC(=O)NCc1ccc([C@@H]2O[C@H](CN(C)[C@H](C)c3ccc4ccccc4c3)[C@H](C)[C@H](c3ccc(CO)cc3)O2)cc1. The molecule has 0 aliphatic carbocycles. The van der Waals surface area contributed by atoms with Crippen molar-refractivity contribution in [1.29, 1.82) is 0 Å². The lowest BCUT2D eigenvalue weighted by Crippen LogP contribution is -2.44. The van der Waals surface area contributed by atoms with Crippen LogP contribution in [-0.4, -0.2) is 42.4 Å². The molecule has 7 heteroatoms. The minimum atomic E-state index is -0.567. The molecule has 7 nitrogen and oxygen atoms in total. The lowest BCUT2D eigenvalue weighted by Gasteiger charge is -2.43. The number of nitrogens with one attached hydrogen (secondary N) is 1. The molecule has 0 radical (unpaired) electrons. The van der Waals surface area contributed by atoms with Crippen molar-refractivity contribution in [1.82, 2.24) is 10.2 Å². The molecule has 44 heavy (non-hydrogen) atoms. The molecule has 1 amide bonds. The molecule has 1 aliphatic heterocycles. The van der Waals surface area contributed by atoms with Crippen LogP contribution in [0.15, 0.2) is 104 Å². The van der Waals surface area contributed by atoms with Gasteiger partial charge in [0, 0.05) is 30.6 Å². The van der Waals surface area contributed by atoms with E-state index in [4.69, 9.17) is 14.2 Å². The van der Waals surface area contributed by atoms with Gasteiger partial charge in [-0.05, 0) is 53.1 Å². The van der Waals surface area contributed by atoms with Crippen LogP contribution in [0, 0.1) is 5.92 Å². The van der Waals surface area contributed by atoms with Crippen LogP contribution in [0.5, 0.6) is 0 Å². The fourth-order valence-electron chi connectivity index (χ4n) is 5.64. The summed E-state index contributed by atoms with van der Waals surface area (Å²) in [6, 6.07) is 31.1. The maximum atomic E-state index is 11.8. The zero-order chi connectivity index (χ0) is 31.1. The fourth-order valence-corrected chi connectivity index (χ4v) is 5.64.